The van der Waals surface area contributed by atoms with Gasteiger partial charge in [0.25, 0.3) is 11.7 Å². The molecule has 0 unspecified atom stereocenters. The molecule has 1 aromatic heterocycles. The zero-order valence-electron chi connectivity index (χ0n) is 18.1. The van der Waals surface area contributed by atoms with E-state index < -0.39 is 17.7 Å². The van der Waals surface area contributed by atoms with Crippen molar-refractivity contribution in [2.24, 2.45) is 0 Å². The molecule has 9 heteroatoms. The van der Waals surface area contributed by atoms with Gasteiger partial charge in [-0.2, -0.15) is 0 Å². The Bertz CT molecular complexity index is 1010. The van der Waals surface area contributed by atoms with Crippen molar-refractivity contribution in [3.8, 4) is 11.5 Å². The lowest BCUT2D eigenvalue weighted by atomic mass is 9.99. The van der Waals surface area contributed by atoms with Gasteiger partial charge in [0.05, 0.1) is 39.0 Å². The number of hydrogen-bond acceptors (Lipinski definition) is 8. The Kier molecular flexibility index (Phi) is 6.78. The number of carbonyl (C=O) groups is 2. The van der Waals surface area contributed by atoms with Gasteiger partial charge in [0.1, 0.15) is 5.76 Å². The summed E-state index contributed by atoms with van der Waals surface area (Å²) >= 11 is 1.45. The molecule has 4 rings (SSSR count). The van der Waals surface area contributed by atoms with E-state index in [1.54, 1.807) is 23.1 Å². The first-order valence-electron chi connectivity index (χ1n) is 10.4. The Labute approximate surface area is 190 Å². The minimum Gasteiger partial charge on any atom is -0.507 e. The average molecular weight is 459 g/mol. The number of aliphatic hydroxyl groups is 1. The second-order valence-corrected chi connectivity index (χ2v) is 8.51. The molecule has 32 heavy (non-hydrogen) atoms. The molecule has 2 aliphatic rings. The molecule has 0 spiro atoms. The number of ether oxygens (including phenoxy) is 3. The van der Waals surface area contributed by atoms with Gasteiger partial charge >= 0.3 is 0 Å². The number of benzene rings is 1. The summed E-state index contributed by atoms with van der Waals surface area (Å²) < 4.78 is 16.0. The molecule has 0 radical (unpaired) electrons. The van der Waals surface area contributed by atoms with E-state index in [1.165, 1.54) is 25.6 Å². The molecule has 1 atom stereocenters. The van der Waals surface area contributed by atoms with Crippen LogP contribution in [0.1, 0.15) is 16.5 Å². The van der Waals surface area contributed by atoms with Crippen molar-refractivity contribution < 1.29 is 28.9 Å². The summed E-state index contributed by atoms with van der Waals surface area (Å²) in [6, 6.07) is 8.01. The van der Waals surface area contributed by atoms with Gasteiger partial charge in [-0.1, -0.05) is 6.07 Å². The number of aliphatic hydroxyl groups excluding tert-OH is 1. The van der Waals surface area contributed by atoms with Gasteiger partial charge < -0.3 is 24.2 Å². The molecule has 1 amide bonds. The number of methoxy groups -OCH3 is 2. The third-order valence-electron chi connectivity index (χ3n) is 5.77. The molecular weight excluding hydrogens is 432 g/mol. The van der Waals surface area contributed by atoms with E-state index in [-0.39, 0.29) is 11.3 Å². The quantitative estimate of drug-likeness (QED) is 0.387. The van der Waals surface area contributed by atoms with Gasteiger partial charge in [0.15, 0.2) is 11.5 Å². The number of carbonyl (C=O) groups excluding carboxylic acids is 2. The van der Waals surface area contributed by atoms with Crippen LogP contribution in [0.5, 0.6) is 11.5 Å². The van der Waals surface area contributed by atoms with Crippen LogP contribution in [0.4, 0.5) is 0 Å². The largest absolute Gasteiger partial charge is 0.507 e. The van der Waals surface area contributed by atoms with Crippen LogP contribution in [0, 0.1) is 0 Å². The van der Waals surface area contributed by atoms with E-state index >= 15 is 0 Å². The smallest absolute Gasteiger partial charge is 0.295 e. The molecular formula is C23H26N2O6S. The lowest BCUT2D eigenvalue weighted by Gasteiger charge is -2.30. The summed E-state index contributed by atoms with van der Waals surface area (Å²) in [5.74, 6) is -0.580. The van der Waals surface area contributed by atoms with E-state index in [0.717, 1.165) is 18.0 Å². The maximum atomic E-state index is 13.1. The van der Waals surface area contributed by atoms with Gasteiger partial charge in [0.2, 0.25) is 0 Å². The fourth-order valence-electron chi connectivity index (χ4n) is 4.07. The van der Waals surface area contributed by atoms with Crippen LogP contribution in [-0.4, -0.2) is 80.2 Å². The molecule has 2 aromatic rings. The summed E-state index contributed by atoms with van der Waals surface area (Å²) in [6.07, 6.45) is 0. The van der Waals surface area contributed by atoms with Gasteiger partial charge in [0, 0.05) is 36.6 Å². The highest BCUT2D eigenvalue weighted by molar-refractivity contribution is 7.10. The fraction of sp³-hybridized carbons (Fsp3) is 0.391. The molecule has 0 bridgehead atoms. The minimum atomic E-state index is -0.683. The molecule has 170 valence electrons. The lowest BCUT2D eigenvalue weighted by molar-refractivity contribution is -0.140. The Balaban J connectivity index is 1.71. The van der Waals surface area contributed by atoms with E-state index in [9.17, 15) is 14.7 Å². The second-order valence-electron chi connectivity index (χ2n) is 7.53. The Hall–Kier alpha value is -2.88. The van der Waals surface area contributed by atoms with Crippen LogP contribution < -0.4 is 9.47 Å². The van der Waals surface area contributed by atoms with Crippen LogP contribution in [0.3, 0.4) is 0 Å². The highest BCUT2D eigenvalue weighted by atomic mass is 32.1. The number of morpholine rings is 1. The summed E-state index contributed by atoms with van der Waals surface area (Å²) in [5, 5.41) is 13.1. The zero-order valence-corrected chi connectivity index (χ0v) is 18.9. The van der Waals surface area contributed by atoms with Crippen LogP contribution in [-0.2, 0) is 14.3 Å². The molecule has 1 N–H and O–H groups in total. The maximum Gasteiger partial charge on any atom is 0.295 e. The third kappa shape index (κ3) is 4.23. The lowest BCUT2D eigenvalue weighted by Crippen LogP contribution is -2.42. The normalized spacial score (nSPS) is 21.2. The maximum absolute atomic E-state index is 13.1. The number of likely N-dealkylation sites (tertiary alicyclic amines) is 1. The highest BCUT2D eigenvalue weighted by Crippen LogP contribution is 2.41. The monoisotopic (exact) mass is 458 g/mol. The van der Waals surface area contributed by atoms with Crippen molar-refractivity contribution in [1.82, 2.24) is 9.80 Å². The average Bonchev–Trinajstić information content (AvgIpc) is 3.44. The molecule has 2 fully saturated rings. The summed E-state index contributed by atoms with van der Waals surface area (Å²) in [4.78, 5) is 30.7. The van der Waals surface area contributed by atoms with Crippen molar-refractivity contribution in [2.45, 2.75) is 6.04 Å². The van der Waals surface area contributed by atoms with Gasteiger partial charge in [-0.3, -0.25) is 14.5 Å². The molecule has 2 saturated heterocycles. The van der Waals surface area contributed by atoms with E-state index in [2.05, 4.69) is 4.90 Å². The first-order chi connectivity index (χ1) is 15.5. The predicted molar refractivity (Wildman–Crippen MR) is 120 cm³/mol. The number of ketones is 1. The SMILES string of the molecule is COc1ccc(C(O)=C2C(=O)C(=O)N(CCN3CCOCC3)[C@@H]2c2cccs2)cc1OC. The number of Topliss-reactive ketones (excluding diaryl/α,β-unsaturated/α-hetero) is 1. The van der Waals surface area contributed by atoms with E-state index in [4.69, 9.17) is 14.2 Å². The van der Waals surface area contributed by atoms with E-state index in [0.29, 0.717) is 43.4 Å². The second kappa shape index (κ2) is 9.72. The van der Waals surface area contributed by atoms with E-state index in [1.807, 2.05) is 17.5 Å². The Morgan fingerprint density at radius 2 is 1.88 bits per heavy atom. The highest BCUT2D eigenvalue weighted by Gasteiger charge is 2.46. The van der Waals surface area contributed by atoms with Gasteiger partial charge in [-0.05, 0) is 29.6 Å². The molecule has 0 saturated carbocycles. The van der Waals surface area contributed by atoms with Gasteiger partial charge in [-0.15, -0.1) is 11.3 Å². The topological polar surface area (TPSA) is 88.5 Å². The number of nitrogens with zero attached hydrogens (tertiary/aromatic N) is 2. The van der Waals surface area contributed by atoms with Crippen LogP contribution in [0.25, 0.3) is 5.76 Å². The third-order valence-corrected chi connectivity index (χ3v) is 6.70. The number of rotatable bonds is 7. The van der Waals surface area contributed by atoms with Crippen LogP contribution >= 0.6 is 11.3 Å². The van der Waals surface area contributed by atoms with Crippen molar-refractivity contribution in [1.29, 1.82) is 0 Å². The van der Waals surface area contributed by atoms with Crippen molar-refractivity contribution in [3.63, 3.8) is 0 Å². The summed E-state index contributed by atoms with van der Waals surface area (Å²) in [5.41, 5.74) is 0.474. The number of hydrogen-bond donors (Lipinski definition) is 1. The molecule has 0 aliphatic carbocycles. The van der Waals surface area contributed by atoms with Crippen LogP contribution in [0.2, 0.25) is 0 Å². The Morgan fingerprint density at radius 3 is 2.53 bits per heavy atom. The minimum absolute atomic E-state index is 0.0895. The molecule has 8 nitrogen and oxygen atoms in total. The zero-order chi connectivity index (χ0) is 22.7. The first kappa shape index (κ1) is 22.3. The summed E-state index contributed by atoms with van der Waals surface area (Å²) in [6.45, 7) is 3.92. The fourth-order valence-corrected chi connectivity index (χ4v) is 4.91. The Morgan fingerprint density at radius 1 is 1.12 bits per heavy atom. The van der Waals surface area contributed by atoms with Crippen molar-refractivity contribution in [3.05, 3.63) is 51.7 Å². The summed E-state index contributed by atoms with van der Waals surface area (Å²) in [7, 11) is 3.02. The van der Waals surface area contributed by atoms with Crippen molar-refractivity contribution >= 4 is 28.8 Å². The first-order valence-corrected chi connectivity index (χ1v) is 11.3. The number of amides is 1. The molecule has 1 aromatic carbocycles. The van der Waals surface area contributed by atoms with Gasteiger partial charge in [-0.25, -0.2) is 0 Å². The van der Waals surface area contributed by atoms with Crippen LogP contribution in [0.15, 0.2) is 41.3 Å². The number of thiophene rings is 1. The standard InChI is InChI=1S/C23H26N2O6S/c1-29-16-6-5-15(14-17(16)30-2)21(26)19-20(18-4-3-13-32-18)25(23(28)22(19)27)8-7-24-9-11-31-12-10-24/h3-6,13-14,20,26H,7-12H2,1-2H3/t20-/m1/s1. The van der Waals surface area contributed by atoms with Crippen molar-refractivity contribution in [2.75, 3.05) is 53.6 Å². The molecule has 3 heterocycles. The molecule has 2 aliphatic heterocycles. The predicted octanol–water partition coefficient (Wildman–Crippen LogP) is 2.52.